The SMILES string of the molecule is CC1(C)OCC(CNS(=O)(=O)c2cc(C(=O)O)cs2)O1. The van der Waals surface area contributed by atoms with Gasteiger partial charge in [-0.25, -0.2) is 17.9 Å². The van der Waals surface area contributed by atoms with Crippen molar-refractivity contribution in [2.45, 2.75) is 29.9 Å². The second-order valence-electron chi connectivity index (χ2n) is 4.76. The highest BCUT2D eigenvalue weighted by molar-refractivity contribution is 7.91. The molecule has 1 aromatic heterocycles. The van der Waals surface area contributed by atoms with E-state index in [9.17, 15) is 13.2 Å². The second kappa shape index (κ2) is 5.41. The first-order valence-electron chi connectivity index (χ1n) is 5.83. The molecular formula is C11H15NO6S2. The topological polar surface area (TPSA) is 102 Å². The van der Waals surface area contributed by atoms with Gasteiger partial charge in [-0.05, 0) is 19.9 Å². The maximum Gasteiger partial charge on any atom is 0.336 e. The summed E-state index contributed by atoms with van der Waals surface area (Å²) in [5.41, 5.74) is -0.0445. The van der Waals surface area contributed by atoms with Gasteiger partial charge in [0, 0.05) is 11.9 Å². The Morgan fingerprint density at radius 3 is 2.80 bits per heavy atom. The van der Waals surface area contributed by atoms with Crippen molar-refractivity contribution < 1.29 is 27.8 Å². The molecular weight excluding hydrogens is 306 g/mol. The highest BCUT2D eigenvalue weighted by Crippen LogP contribution is 2.23. The van der Waals surface area contributed by atoms with E-state index in [0.29, 0.717) is 6.61 Å². The Morgan fingerprint density at radius 2 is 2.30 bits per heavy atom. The molecule has 7 nitrogen and oxygen atoms in total. The number of carboxylic acid groups (broad SMARTS) is 1. The summed E-state index contributed by atoms with van der Waals surface area (Å²) < 4.78 is 37.2. The van der Waals surface area contributed by atoms with Gasteiger partial charge in [0.05, 0.1) is 18.3 Å². The van der Waals surface area contributed by atoms with Crippen LogP contribution in [0, 0.1) is 0 Å². The molecule has 1 aromatic rings. The van der Waals surface area contributed by atoms with Crippen LogP contribution < -0.4 is 4.72 Å². The van der Waals surface area contributed by atoms with Gasteiger partial charge in [-0.15, -0.1) is 11.3 Å². The van der Waals surface area contributed by atoms with Gasteiger partial charge in [-0.1, -0.05) is 0 Å². The number of carboxylic acids is 1. The maximum absolute atomic E-state index is 12.0. The summed E-state index contributed by atoms with van der Waals surface area (Å²) in [6.45, 7) is 3.88. The molecule has 2 heterocycles. The van der Waals surface area contributed by atoms with Crippen molar-refractivity contribution in [2.24, 2.45) is 0 Å². The molecule has 112 valence electrons. The molecule has 9 heteroatoms. The van der Waals surface area contributed by atoms with Crippen LogP contribution in [0.2, 0.25) is 0 Å². The van der Waals surface area contributed by atoms with Crippen molar-refractivity contribution in [3.05, 3.63) is 17.0 Å². The molecule has 1 aliphatic heterocycles. The first-order chi connectivity index (χ1) is 9.20. The van der Waals surface area contributed by atoms with E-state index in [4.69, 9.17) is 14.6 Å². The molecule has 0 spiro atoms. The lowest BCUT2D eigenvalue weighted by Gasteiger charge is -2.17. The fourth-order valence-electron chi connectivity index (χ4n) is 1.71. The lowest BCUT2D eigenvalue weighted by molar-refractivity contribution is -0.137. The number of sulfonamides is 1. The van der Waals surface area contributed by atoms with Crippen LogP contribution in [-0.4, -0.2) is 44.5 Å². The van der Waals surface area contributed by atoms with E-state index < -0.39 is 21.8 Å². The number of carbonyl (C=O) groups is 1. The van der Waals surface area contributed by atoms with Crippen molar-refractivity contribution in [2.75, 3.05) is 13.2 Å². The third kappa shape index (κ3) is 3.55. The summed E-state index contributed by atoms with van der Waals surface area (Å²) in [6, 6.07) is 1.13. The highest BCUT2D eigenvalue weighted by atomic mass is 32.2. The summed E-state index contributed by atoms with van der Waals surface area (Å²) in [5, 5.41) is 10.1. The minimum atomic E-state index is -3.73. The molecule has 1 fully saturated rings. The van der Waals surface area contributed by atoms with Crippen LogP contribution in [0.15, 0.2) is 15.7 Å². The van der Waals surface area contributed by atoms with Gasteiger partial charge >= 0.3 is 5.97 Å². The zero-order chi connectivity index (χ0) is 15.0. The zero-order valence-electron chi connectivity index (χ0n) is 11.0. The molecule has 1 atom stereocenters. The zero-order valence-corrected chi connectivity index (χ0v) is 12.6. The Kier molecular flexibility index (Phi) is 4.17. The number of nitrogens with one attached hydrogen (secondary N) is 1. The van der Waals surface area contributed by atoms with E-state index in [1.54, 1.807) is 13.8 Å². The van der Waals surface area contributed by atoms with Gasteiger partial charge in [0.25, 0.3) is 0 Å². The molecule has 20 heavy (non-hydrogen) atoms. The summed E-state index contributed by atoms with van der Waals surface area (Å²) >= 11 is 0.864. The van der Waals surface area contributed by atoms with Crippen molar-refractivity contribution >= 4 is 27.3 Å². The van der Waals surface area contributed by atoms with Crippen molar-refractivity contribution in [3.8, 4) is 0 Å². The molecule has 0 aliphatic carbocycles. The number of hydrogen-bond donors (Lipinski definition) is 2. The van der Waals surface area contributed by atoms with E-state index in [-0.39, 0.29) is 22.4 Å². The fourth-order valence-corrected chi connectivity index (χ4v) is 3.97. The summed E-state index contributed by atoms with van der Waals surface area (Å²) in [5.74, 6) is -1.87. The standard InChI is InChI=1S/C11H15NO6S2/c1-11(2)17-5-8(18-11)4-12-20(15,16)9-3-7(6-19-9)10(13)14/h3,6,8,12H,4-5H2,1-2H3,(H,13,14). The van der Waals surface area contributed by atoms with Crippen LogP contribution in [0.5, 0.6) is 0 Å². The predicted octanol–water partition coefficient (Wildman–Crippen LogP) is 0.876. The van der Waals surface area contributed by atoms with Crippen LogP contribution in [0.1, 0.15) is 24.2 Å². The average Bonchev–Trinajstić information content (AvgIpc) is 2.93. The molecule has 0 amide bonds. The van der Waals surface area contributed by atoms with E-state index >= 15 is 0 Å². The van der Waals surface area contributed by atoms with E-state index in [1.807, 2.05) is 0 Å². The molecule has 2 N–H and O–H groups in total. The normalized spacial score (nSPS) is 22.0. The van der Waals surface area contributed by atoms with Crippen LogP contribution in [0.25, 0.3) is 0 Å². The van der Waals surface area contributed by atoms with Crippen LogP contribution in [0.4, 0.5) is 0 Å². The smallest absolute Gasteiger partial charge is 0.336 e. The van der Waals surface area contributed by atoms with Crippen LogP contribution in [-0.2, 0) is 19.5 Å². The third-order valence-corrected chi connectivity index (χ3v) is 5.52. The Labute approximate surface area is 120 Å². The molecule has 0 radical (unpaired) electrons. The molecule has 2 rings (SSSR count). The van der Waals surface area contributed by atoms with Gasteiger partial charge in [0.15, 0.2) is 5.79 Å². The molecule has 0 aromatic carbocycles. The van der Waals surface area contributed by atoms with E-state index in [1.165, 1.54) is 5.38 Å². The molecule has 1 aliphatic rings. The summed E-state index contributed by atoms with van der Waals surface area (Å²) in [7, 11) is -3.73. The number of hydrogen-bond acceptors (Lipinski definition) is 6. The number of rotatable bonds is 5. The quantitative estimate of drug-likeness (QED) is 0.834. The van der Waals surface area contributed by atoms with Gasteiger partial charge in [-0.2, -0.15) is 0 Å². The number of thiophene rings is 1. The van der Waals surface area contributed by atoms with Gasteiger partial charge < -0.3 is 14.6 Å². The third-order valence-electron chi connectivity index (χ3n) is 2.66. The van der Waals surface area contributed by atoms with Crippen LogP contribution >= 0.6 is 11.3 Å². The Hall–Kier alpha value is -1.00. The maximum atomic E-state index is 12.0. The Bertz CT molecular complexity index is 606. The fraction of sp³-hybridized carbons (Fsp3) is 0.545. The van der Waals surface area contributed by atoms with E-state index in [0.717, 1.165) is 17.4 Å². The average molecular weight is 321 g/mol. The van der Waals surface area contributed by atoms with E-state index in [2.05, 4.69) is 4.72 Å². The van der Waals surface area contributed by atoms with Gasteiger partial charge in [0.2, 0.25) is 10.0 Å². The molecule has 1 saturated heterocycles. The Balaban J connectivity index is 1.99. The van der Waals surface area contributed by atoms with Crippen molar-refractivity contribution in [1.29, 1.82) is 0 Å². The van der Waals surface area contributed by atoms with Crippen molar-refractivity contribution in [3.63, 3.8) is 0 Å². The molecule has 0 saturated carbocycles. The minimum Gasteiger partial charge on any atom is -0.478 e. The summed E-state index contributed by atoms with van der Waals surface area (Å²) in [6.07, 6.45) is -0.362. The summed E-state index contributed by atoms with van der Waals surface area (Å²) in [4.78, 5) is 10.7. The monoisotopic (exact) mass is 321 g/mol. The van der Waals surface area contributed by atoms with Crippen LogP contribution in [0.3, 0.4) is 0 Å². The van der Waals surface area contributed by atoms with Gasteiger partial charge in [-0.3, -0.25) is 0 Å². The lowest BCUT2D eigenvalue weighted by atomic mass is 10.4. The first-order valence-corrected chi connectivity index (χ1v) is 8.19. The van der Waals surface area contributed by atoms with Crippen molar-refractivity contribution in [1.82, 2.24) is 4.72 Å². The number of ether oxygens (including phenoxy) is 2. The predicted molar refractivity (Wildman–Crippen MR) is 71.4 cm³/mol. The molecule has 0 bridgehead atoms. The first kappa shape index (κ1) is 15.4. The minimum absolute atomic E-state index is 0.0342. The molecule has 1 unspecified atom stereocenters. The highest BCUT2D eigenvalue weighted by Gasteiger charge is 2.33. The van der Waals surface area contributed by atoms with Gasteiger partial charge in [0.1, 0.15) is 4.21 Å². The second-order valence-corrected chi connectivity index (χ2v) is 7.67. The Morgan fingerprint density at radius 1 is 1.60 bits per heavy atom. The number of aromatic carboxylic acids is 1. The lowest BCUT2D eigenvalue weighted by Crippen LogP contribution is -2.34. The largest absolute Gasteiger partial charge is 0.478 e.